The minimum Gasteiger partial charge on any atom is -0.338 e. The summed E-state index contributed by atoms with van der Waals surface area (Å²) in [6.45, 7) is 1.04. The fourth-order valence-corrected chi connectivity index (χ4v) is 3.60. The molecule has 4 nitrogen and oxygen atoms in total. The summed E-state index contributed by atoms with van der Waals surface area (Å²) in [5.41, 5.74) is 0.0876. The number of hydrogen-bond donors (Lipinski definition) is 1. The Kier molecular flexibility index (Phi) is 5.16. The Morgan fingerprint density at radius 1 is 1.21 bits per heavy atom. The lowest BCUT2D eigenvalue weighted by Gasteiger charge is -2.31. The van der Waals surface area contributed by atoms with E-state index in [0.29, 0.717) is 30.8 Å². The number of carbonyl (C=O) groups excluding carboxylic acids is 2. The SMILES string of the molecule is O=C(Nc1cccc(Cl)c1F)C1CCN(C(=O)c2cccs2)CC1. The Morgan fingerprint density at radius 2 is 1.96 bits per heavy atom. The molecule has 2 heterocycles. The summed E-state index contributed by atoms with van der Waals surface area (Å²) in [4.78, 5) is 27.1. The molecule has 1 aliphatic heterocycles. The van der Waals surface area contributed by atoms with Crippen LogP contribution in [0, 0.1) is 11.7 Å². The molecule has 2 amide bonds. The van der Waals surface area contributed by atoms with Gasteiger partial charge in [0, 0.05) is 19.0 Å². The predicted octanol–water partition coefficient (Wildman–Crippen LogP) is 4.03. The van der Waals surface area contributed by atoms with Gasteiger partial charge in [-0.1, -0.05) is 23.7 Å². The molecule has 1 fully saturated rings. The van der Waals surface area contributed by atoms with Crippen molar-refractivity contribution in [1.82, 2.24) is 4.90 Å². The first-order chi connectivity index (χ1) is 11.6. The highest BCUT2D eigenvalue weighted by molar-refractivity contribution is 7.12. The molecule has 0 unspecified atom stereocenters. The normalized spacial score (nSPS) is 15.3. The van der Waals surface area contributed by atoms with Crippen LogP contribution in [-0.4, -0.2) is 29.8 Å². The van der Waals surface area contributed by atoms with Gasteiger partial charge in [0.25, 0.3) is 5.91 Å². The van der Waals surface area contributed by atoms with Crippen LogP contribution >= 0.6 is 22.9 Å². The van der Waals surface area contributed by atoms with E-state index >= 15 is 0 Å². The molecular formula is C17H16ClFN2O2S. The first-order valence-corrected chi connectivity index (χ1v) is 8.89. The van der Waals surface area contributed by atoms with Crippen LogP contribution in [0.5, 0.6) is 0 Å². The highest BCUT2D eigenvalue weighted by atomic mass is 35.5. The average Bonchev–Trinajstić information content (AvgIpc) is 3.13. The highest BCUT2D eigenvalue weighted by Gasteiger charge is 2.28. The summed E-state index contributed by atoms with van der Waals surface area (Å²) >= 11 is 7.13. The van der Waals surface area contributed by atoms with Gasteiger partial charge in [0.05, 0.1) is 15.6 Å². The number of hydrogen-bond acceptors (Lipinski definition) is 3. The molecule has 126 valence electrons. The van der Waals surface area contributed by atoms with Gasteiger partial charge in [0.1, 0.15) is 0 Å². The summed E-state index contributed by atoms with van der Waals surface area (Å²) in [6.07, 6.45) is 1.12. The predicted molar refractivity (Wildman–Crippen MR) is 93.0 cm³/mol. The number of benzene rings is 1. The van der Waals surface area contributed by atoms with Crippen LogP contribution in [0.1, 0.15) is 22.5 Å². The smallest absolute Gasteiger partial charge is 0.263 e. The fourth-order valence-electron chi connectivity index (χ4n) is 2.74. The quantitative estimate of drug-likeness (QED) is 0.891. The first-order valence-electron chi connectivity index (χ1n) is 7.64. The van der Waals surface area contributed by atoms with Gasteiger partial charge in [-0.15, -0.1) is 11.3 Å². The molecule has 0 radical (unpaired) electrons. The van der Waals surface area contributed by atoms with Gasteiger partial charge < -0.3 is 10.2 Å². The Morgan fingerprint density at radius 3 is 2.62 bits per heavy atom. The largest absolute Gasteiger partial charge is 0.338 e. The number of halogens is 2. The van der Waals surface area contributed by atoms with Crippen molar-refractivity contribution in [2.45, 2.75) is 12.8 Å². The van der Waals surface area contributed by atoms with Crippen molar-refractivity contribution >= 4 is 40.4 Å². The molecule has 24 heavy (non-hydrogen) atoms. The van der Waals surface area contributed by atoms with Crippen molar-refractivity contribution in [3.8, 4) is 0 Å². The summed E-state index contributed by atoms with van der Waals surface area (Å²) in [5, 5.41) is 4.44. The number of thiophene rings is 1. The number of nitrogens with zero attached hydrogens (tertiary/aromatic N) is 1. The molecule has 1 aromatic heterocycles. The van der Waals surface area contributed by atoms with Crippen LogP contribution in [0.15, 0.2) is 35.7 Å². The first kappa shape index (κ1) is 16.9. The van der Waals surface area contributed by atoms with Crippen molar-refractivity contribution < 1.29 is 14.0 Å². The molecule has 2 aromatic rings. The molecule has 1 aromatic carbocycles. The van der Waals surface area contributed by atoms with Crippen molar-refractivity contribution in [2.24, 2.45) is 5.92 Å². The number of carbonyl (C=O) groups is 2. The monoisotopic (exact) mass is 366 g/mol. The van der Waals surface area contributed by atoms with Gasteiger partial charge in [-0.3, -0.25) is 9.59 Å². The maximum Gasteiger partial charge on any atom is 0.263 e. The van der Waals surface area contributed by atoms with Gasteiger partial charge in [0.2, 0.25) is 5.91 Å². The van der Waals surface area contributed by atoms with Gasteiger partial charge in [-0.05, 0) is 36.4 Å². The number of anilines is 1. The third kappa shape index (κ3) is 3.60. The van der Waals surface area contributed by atoms with Gasteiger partial charge in [0.15, 0.2) is 5.82 Å². The lowest BCUT2D eigenvalue weighted by atomic mass is 9.95. The molecule has 0 aliphatic carbocycles. The zero-order valence-corrected chi connectivity index (χ0v) is 14.4. The number of nitrogens with one attached hydrogen (secondary N) is 1. The molecule has 0 atom stereocenters. The Hall–Kier alpha value is -1.92. The summed E-state index contributed by atoms with van der Waals surface area (Å²) in [6, 6.07) is 8.14. The van der Waals surface area contributed by atoms with Crippen molar-refractivity contribution in [3.63, 3.8) is 0 Å². The molecule has 1 aliphatic rings. The fraction of sp³-hybridized carbons (Fsp3) is 0.294. The minimum absolute atomic E-state index is 0.00439. The zero-order chi connectivity index (χ0) is 17.1. The Balaban J connectivity index is 1.57. The minimum atomic E-state index is -0.627. The molecule has 1 N–H and O–H groups in total. The number of amides is 2. The van der Waals surface area contributed by atoms with Crippen molar-refractivity contribution in [1.29, 1.82) is 0 Å². The summed E-state index contributed by atoms with van der Waals surface area (Å²) in [5.74, 6) is -1.10. The van der Waals surface area contributed by atoms with E-state index in [1.807, 2.05) is 11.4 Å². The third-order valence-electron chi connectivity index (χ3n) is 4.09. The van der Waals surface area contributed by atoms with E-state index < -0.39 is 5.82 Å². The van der Waals surface area contributed by atoms with E-state index in [0.717, 1.165) is 0 Å². The molecule has 0 bridgehead atoms. The second-order valence-corrected chi connectivity index (χ2v) is 6.99. The van der Waals surface area contributed by atoms with E-state index in [-0.39, 0.29) is 28.4 Å². The van der Waals surface area contributed by atoms with Crippen molar-refractivity contribution in [2.75, 3.05) is 18.4 Å². The van der Waals surface area contributed by atoms with E-state index in [2.05, 4.69) is 5.32 Å². The topological polar surface area (TPSA) is 49.4 Å². The van der Waals surface area contributed by atoms with Crippen LogP contribution in [-0.2, 0) is 4.79 Å². The van der Waals surface area contributed by atoms with E-state index in [9.17, 15) is 14.0 Å². The lowest BCUT2D eigenvalue weighted by Crippen LogP contribution is -2.41. The second-order valence-electron chi connectivity index (χ2n) is 5.63. The van der Waals surface area contributed by atoms with E-state index in [1.165, 1.54) is 23.5 Å². The zero-order valence-electron chi connectivity index (χ0n) is 12.8. The van der Waals surface area contributed by atoms with Gasteiger partial charge >= 0.3 is 0 Å². The molecule has 3 rings (SSSR count). The Bertz CT molecular complexity index is 743. The van der Waals surface area contributed by atoms with Crippen LogP contribution < -0.4 is 5.32 Å². The van der Waals surface area contributed by atoms with Crippen LogP contribution in [0.3, 0.4) is 0 Å². The van der Waals surface area contributed by atoms with Gasteiger partial charge in [-0.2, -0.15) is 0 Å². The maximum absolute atomic E-state index is 13.9. The molecule has 0 saturated carbocycles. The Labute approximate surface area is 148 Å². The maximum atomic E-state index is 13.9. The average molecular weight is 367 g/mol. The number of likely N-dealkylation sites (tertiary alicyclic amines) is 1. The molecular weight excluding hydrogens is 351 g/mol. The third-order valence-corrected chi connectivity index (χ3v) is 5.24. The second kappa shape index (κ2) is 7.32. The van der Waals surface area contributed by atoms with Crippen LogP contribution in [0.2, 0.25) is 5.02 Å². The standard InChI is InChI=1S/C17H16ClFN2O2S/c18-12-3-1-4-13(15(12)19)20-16(22)11-6-8-21(9-7-11)17(23)14-5-2-10-24-14/h1-5,10-11H,6-9H2,(H,20,22). The lowest BCUT2D eigenvalue weighted by molar-refractivity contribution is -0.121. The summed E-state index contributed by atoms with van der Waals surface area (Å²) < 4.78 is 13.9. The highest BCUT2D eigenvalue weighted by Crippen LogP contribution is 2.25. The molecule has 7 heteroatoms. The number of piperidine rings is 1. The molecule has 1 saturated heterocycles. The summed E-state index contributed by atoms with van der Waals surface area (Å²) in [7, 11) is 0. The molecule has 0 spiro atoms. The van der Waals surface area contributed by atoms with Crippen molar-refractivity contribution in [3.05, 3.63) is 51.4 Å². The number of rotatable bonds is 3. The van der Waals surface area contributed by atoms with Crippen LogP contribution in [0.4, 0.5) is 10.1 Å². The van der Waals surface area contributed by atoms with Gasteiger partial charge in [-0.25, -0.2) is 4.39 Å². The van der Waals surface area contributed by atoms with E-state index in [1.54, 1.807) is 17.0 Å². The van der Waals surface area contributed by atoms with Crippen LogP contribution in [0.25, 0.3) is 0 Å². The van der Waals surface area contributed by atoms with E-state index in [4.69, 9.17) is 11.6 Å².